The molecule has 3 heterocycles. The summed E-state index contributed by atoms with van der Waals surface area (Å²) in [6.45, 7) is 11.0. The van der Waals surface area contributed by atoms with Gasteiger partial charge in [0.15, 0.2) is 0 Å². The van der Waals surface area contributed by atoms with Crippen LogP contribution in [0.5, 0.6) is 5.75 Å². The third kappa shape index (κ3) is 12.3. The molecule has 5 aromatic rings. The van der Waals surface area contributed by atoms with E-state index in [-0.39, 0.29) is 44.7 Å². The Kier molecular flexibility index (Phi) is 15.8. The first-order valence-corrected chi connectivity index (χ1v) is 22.1. The van der Waals surface area contributed by atoms with Crippen LogP contribution in [0, 0.1) is 12.3 Å². The number of carbonyl (C=O) groups excluding carboxylic acids is 3. The van der Waals surface area contributed by atoms with Crippen LogP contribution in [-0.2, 0) is 28.6 Å². The van der Waals surface area contributed by atoms with E-state index >= 15 is 0 Å². The number of aliphatic hydroxyl groups excluding tert-OH is 1. The average molecular weight is 873 g/mol. The highest BCUT2D eigenvalue weighted by Crippen LogP contribution is 2.33. The van der Waals surface area contributed by atoms with Crippen molar-refractivity contribution in [2.75, 3.05) is 65.2 Å². The number of hydrogen-bond acceptors (Lipinski definition) is 13. The molecule has 0 bridgehead atoms. The Balaban J connectivity index is 0.866. The molecule has 4 N–H and O–H groups in total. The Morgan fingerprint density at radius 1 is 0.902 bits per heavy atom. The van der Waals surface area contributed by atoms with Gasteiger partial charge in [0.1, 0.15) is 36.1 Å². The number of aliphatic hydroxyl groups is 1. The second-order valence-corrected chi connectivity index (χ2v) is 17.9. The number of thiazole rings is 2. The first-order valence-electron chi connectivity index (χ1n) is 20.4. The van der Waals surface area contributed by atoms with E-state index in [1.165, 1.54) is 4.90 Å². The third-order valence-electron chi connectivity index (χ3n) is 10.3. The molecular formula is C45H56N6O8S2. The maximum absolute atomic E-state index is 14.0. The largest absolute Gasteiger partial charge is 0.491 e. The Labute approximate surface area is 365 Å². The lowest BCUT2D eigenvalue weighted by molar-refractivity contribution is -0.144. The molecule has 3 aromatic carbocycles. The number of nitrogens with one attached hydrogen (secondary N) is 3. The molecule has 1 aliphatic heterocycles. The molecule has 326 valence electrons. The fourth-order valence-corrected chi connectivity index (χ4v) is 8.75. The lowest BCUT2D eigenvalue weighted by Gasteiger charge is -2.35. The number of amides is 3. The zero-order valence-corrected chi connectivity index (χ0v) is 37.2. The standard InChI is InChI=1S/C45H56N6O8S2/c1-28(30-7-9-31(10-8-30)40-29(2)47-27-60-40)48-42(54)37-23-34(52)25-51(37)44(55)41(45(3,4)5)50-39(53)26-58-20-19-56-17-18-57-21-22-59-35-15-16-36-38(24-35)61-43(49-36)32-11-13-33(46-6)14-12-32/h7-16,24,27-28,34,37,41,46,52H,17-23,25-26H2,1-6H3,(H,48,54)(H,50,53)/t28-,34+,37-,41?/m0/s1. The molecule has 0 spiro atoms. The second kappa shape index (κ2) is 21.2. The first kappa shape index (κ1) is 45.6. The topological polar surface area (TPSA) is 173 Å². The minimum Gasteiger partial charge on any atom is -0.491 e. The lowest BCUT2D eigenvalue weighted by atomic mass is 9.85. The van der Waals surface area contributed by atoms with Gasteiger partial charge >= 0.3 is 0 Å². The Bertz CT molecular complexity index is 2220. The van der Waals surface area contributed by atoms with Crippen molar-refractivity contribution in [3.05, 3.63) is 83.5 Å². The molecule has 0 aliphatic carbocycles. The average Bonchev–Trinajstić information content (AvgIpc) is 3.99. The number of benzene rings is 3. The zero-order chi connectivity index (χ0) is 43.5. The van der Waals surface area contributed by atoms with Gasteiger partial charge in [0.05, 0.1) is 71.5 Å². The van der Waals surface area contributed by atoms with E-state index in [1.54, 1.807) is 22.7 Å². The number of aryl methyl sites for hydroxylation is 1. The van der Waals surface area contributed by atoms with E-state index in [9.17, 15) is 19.5 Å². The monoisotopic (exact) mass is 872 g/mol. The quantitative estimate of drug-likeness (QED) is 0.0653. The summed E-state index contributed by atoms with van der Waals surface area (Å²) in [5.41, 5.74) is 7.09. The van der Waals surface area contributed by atoms with Crippen LogP contribution in [0.25, 0.3) is 31.2 Å². The van der Waals surface area contributed by atoms with E-state index in [0.717, 1.165) is 53.9 Å². The number of aromatic nitrogens is 2. The van der Waals surface area contributed by atoms with Crippen molar-refractivity contribution in [3.63, 3.8) is 0 Å². The van der Waals surface area contributed by atoms with E-state index in [0.29, 0.717) is 26.4 Å². The number of hydrogen-bond donors (Lipinski definition) is 4. The van der Waals surface area contributed by atoms with E-state index in [1.807, 2.05) is 102 Å². The molecule has 0 saturated carbocycles. The normalized spacial score (nSPS) is 16.3. The molecule has 0 radical (unpaired) electrons. The van der Waals surface area contributed by atoms with Crippen molar-refractivity contribution < 1.29 is 38.4 Å². The van der Waals surface area contributed by atoms with Gasteiger partial charge in [-0.1, -0.05) is 45.0 Å². The zero-order valence-electron chi connectivity index (χ0n) is 35.6. The van der Waals surface area contributed by atoms with Crippen molar-refractivity contribution in [2.24, 2.45) is 5.41 Å². The van der Waals surface area contributed by atoms with Gasteiger partial charge in [0, 0.05) is 31.3 Å². The number of β-amino-alcohol motifs (C(OH)–C–C–N with tert-alkyl or cyclic N) is 1. The molecule has 4 atom stereocenters. The molecule has 61 heavy (non-hydrogen) atoms. The van der Waals surface area contributed by atoms with Crippen LogP contribution >= 0.6 is 22.7 Å². The highest BCUT2D eigenvalue weighted by Gasteiger charge is 2.44. The first-order chi connectivity index (χ1) is 29.3. The van der Waals surface area contributed by atoms with Gasteiger partial charge in [-0.3, -0.25) is 14.4 Å². The van der Waals surface area contributed by atoms with Gasteiger partial charge in [-0.05, 0) is 72.9 Å². The fraction of sp³-hybridized carbons (Fsp3) is 0.444. The van der Waals surface area contributed by atoms with Crippen molar-refractivity contribution >= 4 is 56.3 Å². The van der Waals surface area contributed by atoms with Gasteiger partial charge < -0.3 is 44.9 Å². The second-order valence-electron chi connectivity index (χ2n) is 16.0. The highest BCUT2D eigenvalue weighted by molar-refractivity contribution is 7.21. The molecule has 1 aliphatic rings. The molecule has 3 amide bonds. The maximum atomic E-state index is 14.0. The summed E-state index contributed by atoms with van der Waals surface area (Å²) < 4.78 is 23.7. The van der Waals surface area contributed by atoms with Crippen LogP contribution < -0.4 is 20.7 Å². The molecule has 1 saturated heterocycles. The van der Waals surface area contributed by atoms with Crippen LogP contribution in [0.3, 0.4) is 0 Å². The summed E-state index contributed by atoms with van der Waals surface area (Å²) in [5, 5.41) is 20.5. The van der Waals surface area contributed by atoms with Crippen LogP contribution in [0.1, 0.15) is 51.4 Å². The summed E-state index contributed by atoms with van der Waals surface area (Å²) in [7, 11) is 1.89. The van der Waals surface area contributed by atoms with Gasteiger partial charge in [0.2, 0.25) is 17.7 Å². The van der Waals surface area contributed by atoms with Gasteiger partial charge in [-0.15, -0.1) is 22.7 Å². The van der Waals surface area contributed by atoms with Crippen molar-refractivity contribution in [1.29, 1.82) is 0 Å². The summed E-state index contributed by atoms with van der Waals surface area (Å²) >= 11 is 3.20. The number of fused-ring (bicyclic) bond motifs is 1. The number of likely N-dealkylation sites (tertiary alicyclic amines) is 1. The summed E-state index contributed by atoms with van der Waals surface area (Å²) in [6, 6.07) is 19.8. The maximum Gasteiger partial charge on any atom is 0.246 e. The number of carbonyl (C=O) groups is 3. The highest BCUT2D eigenvalue weighted by atomic mass is 32.1. The van der Waals surface area contributed by atoms with E-state index in [2.05, 4.69) is 33.1 Å². The molecular weight excluding hydrogens is 817 g/mol. The summed E-state index contributed by atoms with van der Waals surface area (Å²) in [5.74, 6) is -0.532. The number of rotatable bonds is 20. The van der Waals surface area contributed by atoms with Crippen LogP contribution in [0.2, 0.25) is 0 Å². The van der Waals surface area contributed by atoms with Crippen LogP contribution in [-0.4, -0.2) is 116 Å². The summed E-state index contributed by atoms with van der Waals surface area (Å²) in [4.78, 5) is 52.1. The van der Waals surface area contributed by atoms with E-state index < -0.39 is 35.4 Å². The Morgan fingerprint density at radius 3 is 2.23 bits per heavy atom. The third-order valence-corrected chi connectivity index (χ3v) is 12.4. The predicted octanol–water partition coefficient (Wildman–Crippen LogP) is 6.24. The molecule has 6 rings (SSSR count). The predicted molar refractivity (Wildman–Crippen MR) is 239 cm³/mol. The molecule has 2 aromatic heterocycles. The Morgan fingerprint density at radius 2 is 1.57 bits per heavy atom. The van der Waals surface area contributed by atoms with Crippen molar-refractivity contribution in [2.45, 2.75) is 65.3 Å². The van der Waals surface area contributed by atoms with Crippen molar-refractivity contribution in [3.8, 4) is 26.8 Å². The molecule has 16 heteroatoms. The van der Waals surface area contributed by atoms with Gasteiger partial charge in [-0.2, -0.15) is 0 Å². The number of ether oxygens (including phenoxy) is 4. The van der Waals surface area contributed by atoms with Crippen molar-refractivity contribution in [1.82, 2.24) is 25.5 Å². The SMILES string of the molecule is CNc1ccc(-c2nc3ccc(OCCOCCOCCOCC(=O)NC(C(=O)N4C[C@H](O)C[C@H]4C(=O)N[C@@H](C)c4ccc(-c5scnc5C)cc4)C(C)(C)C)cc3s2)cc1. The smallest absolute Gasteiger partial charge is 0.246 e. The van der Waals surface area contributed by atoms with Crippen LogP contribution in [0.4, 0.5) is 5.69 Å². The number of nitrogens with zero attached hydrogens (tertiary/aromatic N) is 3. The van der Waals surface area contributed by atoms with E-state index in [4.69, 9.17) is 23.9 Å². The van der Waals surface area contributed by atoms with Gasteiger partial charge in [-0.25, -0.2) is 9.97 Å². The summed E-state index contributed by atoms with van der Waals surface area (Å²) in [6.07, 6.45) is -0.775. The minimum atomic E-state index is -0.961. The molecule has 1 fully saturated rings. The van der Waals surface area contributed by atoms with Gasteiger partial charge in [0.25, 0.3) is 0 Å². The minimum absolute atomic E-state index is 0.0142. The Hall–Kier alpha value is -4.97. The molecule has 14 nitrogen and oxygen atoms in total. The fourth-order valence-electron chi connectivity index (χ4n) is 6.94. The lowest BCUT2D eigenvalue weighted by Crippen LogP contribution is -2.58. The molecule has 1 unspecified atom stereocenters. The number of anilines is 1. The van der Waals surface area contributed by atoms with Crippen LogP contribution in [0.15, 0.2) is 72.2 Å².